The summed E-state index contributed by atoms with van der Waals surface area (Å²) in [5.41, 5.74) is 0. The van der Waals surface area contributed by atoms with Gasteiger partial charge in [-0.25, -0.2) is 13.2 Å². The summed E-state index contributed by atoms with van der Waals surface area (Å²) in [6.45, 7) is 0.138. The molecule has 2 N–H and O–H groups in total. The Morgan fingerprint density at radius 1 is 1.29 bits per heavy atom. The maximum absolute atomic E-state index is 11.8. The van der Waals surface area contributed by atoms with E-state index in [0.717, 1.165) is 3.57 Å². The molecule has 0 heterocycles. The topological polar surface area (TPSA) is 83.5 Å². The minimum absolute atomic E-state index is 0.0616. The van der Waals surface area contributed by atoms with E-state index in [2.05, 4.69) is 27.9 Å². The third kappa shape index (κ3) is 4.90. The number of hydrogen-bond acceptors (Lipinski definition) is 3. The van der Waals surface area contributed by atoms with E-state index in [1.54, 1.807) is 24.3 Å². The van der Waals surface area contributed by atoms with Crippen molar-refractivity contribution < 1.29 is 18.3 Å². The van der Waals surface area contributed by atoms with Gasteiger partial charge in [0.05, 0.1) is 10.6 Å². The Labute approximate surface area is 113 Å². The van der Waals surface area contributed by atoms with Gasteiger partial charge in [-0.3, -0.25) is 0 Å². The number of benzene rings is 1. The average Bonchev–Trinajstić information content (AvgIpc) is 2.25. The molecule has 0 fully saturated rings. The summed E-state index contributed by atoms with van der Waals surface area (Å²) in [5.74, 6) is -0.0616. The summed E-state index contributed by atoms with van der Waals surface area (Å²) in [5, 5.41) is 10.5. The number of carbonyl (C=O) groups is 1. The lowest BCUT2D eigenvalue weighted by molar-refractivity contribution is 0.194. The predicted molar refractivity (Wildman–Crippen MR) is 71.9 cm³/mol. The number of carboxylic acid groups (broad SMARTS) is 1. The van der Waals surface area contributed by atoms with Crippen molar-refractivity contribution in [2.75, 3.05) is 12.3 Å². The second-order valence-corrected chi connectivity index (χ2v) is 6.71. The first-order valence-electron chi connectivity index (χ1n) is 4.87. The smallest absolute Gasteiger partial charge is 0.404 e. The molecule has 0 aromatic heterocycles. The zero-order valence-electron chi connectivity index (χ0n) is 8.89. The highest BCUT2D eigenvalue weighted by atomic mass is 127. The second-order valence-electron chi connectivity index (χ2n) is 3.36. The summed E-state index contributed by atoms with van der Waals surface area (Å²) in [7, 11) is -3.31. The maximum atomic E-state index is 11.8. The Morgan fingerprint density at radius 3 is 2.41 bits per heavy atom. The summed E-state index contributed by atoms with van der Waals surface area (Å²) in [6.07, 6.45) is -0.877. The van der Waals surface area contributed by atoms with Crippen LogP contribution in [0, 0.1) is 3.57 Å². The first kappa shape index (κ1) is 14.2. The Hall–Kier alpha value is -0.830. The number of halogens is 1. The Bertz CT molecular complexity index is 484. The molecule has 5 nitrogen and oxygen atoms in total. The quantitative estimate of drug-likeness (QED) is 0.612. The fourth-order valence-corrected chi connectivity index (χ4v) is 2.89. The van der Waals surface area contributed by atoms with Gasteiger partial charge in [0.25, 0.3) is 0 Å². The van der Waals surface area contributed by atoms with Crippen LogP contribution in [-0.4, -0.2) is 31.9 Å². The van der Waals surface area contributed by atoms with Gasteiger partial charge < -0.3 is 10.4 Å². The zero-order chi connectivity index (χ0) is 12.9. The lowest BCUT2D eigenvalue weighted by atomic mass is 10.4. The molecule has 0 bridgehead atoms. The van der Waals surface area contributed by atoms with Gasteiger partial charge in [-0.15, -0.1) is 0 Å². The Kier molecular flexibility index (Phi) is 5.19. The van der Waals surface area contributed by atoms with Crippen LogP contribution in [0.25, 0.3) is 0 Å². The molecule has 94 valence electrons. The normalized spacial score (nSPS) is 11.1. The van der Waals surface area contributed by atoms with Gasteiger partial charge in [-0.2, -0.15) is 0 Å². The second kappa shape index (κ2) is 6.20. The maximum Gasteiger partial charge on any atom is 0.404 e. The van der Waals surface area contributed by atoms with Gasteiger partial charge in [-0.1, -0.05) is 0 Å². The van der Waals surface area contributed by atoms with Crippen LogP contribution in [0.1, 0.15) is 6.42 Å². The van der Waals surface area contributed by atoms with Crippen LogP contribution < -0.4 is 5.32 Å². The van der Waals surface area contributed by atoms with E-state index >= 15 is 0 Å². The van der Waals surface area contributed by atoms with Crippen LogP contribution in [0.5, 0.6) is 0 Å². The van der Waals surface area contributed by atoms with E-state index in [0.29, 0.717) is 0 Å². The van der Waals surface area contributed by atoms with E-state index in [1.165, 1.54) is 0 Å². The van der Waals surface area contributed by atoms with E-state index in [4.69, 9.17) is 5.11 Å². The molecule has 0 aliphatic heterocycles. The minimum atomic E-state index is -3.31. The van der Waals surface area contributed by atoms with E-state index in [1.807, 2.05) is 0 Å². The number of hydrogen-bond donors (Lipinski definition) is 2. The first-order valence-corrected chi connectivity index (χ1v) is 7.60. The van der Waals surface area contributed by atoms with Crippen LogP contribution in [-0.2, 0) is 9.84 Å². The van der Waals surface area contributed by atoms with Crippen molar-refractivity contribution in [2.45, 2.75) is 11.3 Å². The summed E-state index contributed by atoms with van der Waals surface area (Å²) >= 11 is 2.10. The van der Waals surface area contributed by atoms with Crippen LogP contribution in [0.4, 0.5) is 4.79 Å². The third-order valence-electron chi connectivity index (χ3n) is 2.04. The van der Waals surface area contributed by atoms with Gasteiger partial charge in [-0.05, 0) is 53.3 Å². The van der Waals surface area contributed by atoms with Crippen molar-refractivity contribution in [3.8, 4) is 0 Å². The predicted octanol–water partition coefficient (Wildman–Crippen LogP) is 1.72. The fourth-order valence-electron chi connectivity index (χ4n) is 1.22. The Morgan fingerprint density at radius 2 is 1.88 bits per heavy atom. The molecule has 1 aromatic rings. The molecule has 1 rings (SSSR count). The van der Waals surface area contributed by atoms with Gasteiger partial charge in [0.2, 0.25) is 0 Å². The van der Waals surface area contributed by atoms with Gasteiger partial charge in [0.1, 0.15) is 0 Å². The van der Waals surface area contributed by atoms with Crippen molar-refractivity contribution >= 4 is 38.5 Å². The van der Waals surface area contributed by atoms with E-state index in [9.17, 15) is 13.2 Å². The molecule has 17 heavy (non-hydrogen) atoms. The molecule has 0 unspecified atom stereocenters. The highest BCUT2D eigenvalue weighted by Gasteiger charge is 2.13. The molecule has 0 atom stereocenters. The highest BCUT2D eigenvalue weighted by Crippen LogP contribution is 2.14. The lowest BCUT2D eigenvalue weighted by Gasteiger charge is -2.04. The molecule has 1 amide bonds. The SMILES string of the molecule is O=C(O)NCCCS(=O)(=O)c1ccc(I)cc1. The Balaban J connectivity index is 2.57. The molecular weight excluding hydrogens is 357 g/mol. The molecule has 0 radical (unpaired) electrons. The third-order valence-corrected chi connectivity index (χ3v) is 4.57. The molecule has 0 saturated carbocycles. The van der Waals surface area contributed by atoms with Gasteiger partial charge in [0.15, 0.2) is 9.84 Å². The molecule has 0 aliphatic rings. The number of nitrogens with one attached hydrogen (secondary N) is 1. The fraction of sp³-hybridized carbons (Fsp3) is 0.300. The first-order chi connectivity index (χ1) is 7.92. The molecule has 0 saturated heterocycles. The largest absolute Gasteiger partial charge is 0.465 e. The molecule has 1 aromatic carbocycles. The monoisotopic (exact) mass is 369 g/mol. The van der Waals surface area contributed by atoms with Crippen molar-refractivity contribution in [2.24, 2.45) is 0 Å². The van der Waals surface area contributed by atoms with Crippen molar-refractivity contribution in [3.05, 3.63) is 27.8 Å². The summed E-state index contributed by atoms with van der Waals surface area (Å²) in [4.78, 5) is 10.4. The number of rotatable bonds is 5. The number of sulfone groups is 1. The van der Waals surface area contributed by atoms with Crippen molar-refractivity contribution in [1.82, 2.24) is 5.32 Å². The average molecular weight is 369 g/mol. The van der Waals surface area contributed by atoms with Crippen LogP contribution in [0.2, 0.25) is 0 Å². The van der Waals surface area contributed by atoms with Crippen molar-refractivity contribution in [1.29, 1.82) is 0 Å². The minimum Gasteiger partial charge on any atom is -0.465 e. The summed E-state index contributed by atoms with van der Waals surface area (Å²) in [6, 6.07) is 6.56. The van der Waals surface area contributed by atoms with E-state index < -0.39 is 15.9 Å². The zero-order valence-corrected chi connectivity index (χ0v) is 11.9. The molecule has 0 spiro atoms. The van der Waals surface area contributed by atoms with Crippen LogP contribution in [0.3, 0.4) is 0 Å². The number of amides is 1. The molecule has 0 aliphatic carbocycles. The van der Waals surface area contributed by atoms with Crippen LogP contribution in [0.15, 0.2) is 29.2 Å². The lowest BCUT2D eigenvalue weighted by Crippen LogP contribution is -2.23. The highest BCUT2D eigenvalue weighted by molar-refractivity contribution is 14.1. The van der Waals surface area contributed by atoms with E-state index in [-0.39, 0.29) is 23.6 Å². The van der Waals surface area contributed by atoms with Crippen LogP contribution >= 0.6 is 22.6 Å². The standard InChI is InChI=1S/C10H12INO4S/c11-8-2-4-9(5-3-8)17(15,16)7-1-6-12-10(13)14/h2-5,12H,1,6-7H2,(H,13,14). The van der Waals surface area contributed by atoms with Gasteiger partial charge in [0, 0.05) is 10.1 Å². The van der Waals surface area contributed by atoms with Crippen molar-refractivity contribution in [3.63, 3.8) is 0 Å². The summed E-state index contributed by atoms with van der Waals surface area (Å²) < 4.78 is 24.6. The van der Waals surface area contributed by atoms with Gasteiger partial charge >= 0.3 is 6.09 Å². The molecular formula is C10H12INO4S. The molecule has 7 heteroatoms.